The third-order valence-corrected chi connectivity index (χ3v) is 2.64. The first-order valence-electron chi connectivity index (χ1n) is 5.50. The predicted molar refractivity (Wildman–Crippen MR) is 67.2 cm³/mol. The summed E-state index contributed by atoms with van der Waals surface area (Å²) in [7, 11) is 1.30. The molecule has 0 fully saturated rings. The predicted octanol–water partition coefficient (Wildman–Crippen LogP) is 2.08. The Morgan fingerprint density at radius 3 is 3.16 bits per heavy atom. The van der Waals surface area contributed by atoms with Crippen molar-refractivity contribution in [1.29, 1.82) is 0 Å². The highest BCUT2D eigenvalue weighted by atomic mass is 16.5. The van der Waals surface area contributed by atoms with Crippen molar-refractivity contribution in [2.24, 2.45) is 0 Å². The van der Waals surface area contributed by atoms with Gasteiger partial charge in [0.25, 0.3) is 0 Å². The van der Waals surface area contributed by atoms with Crippen molar-refractivity contribution in [2.75, 3.05) is 12.4 Å². The summed E-state index contributed by atoms with van der Waals surface area (Å²) in [5.41, 5.74) is 1.20. The van der Waals surface area contributed by atoms with Gasteiger partial charge in [-0.25, -0.2) is 14.8 Å². The van der Waals surface area contributed by atoms with Gasteiger partial charge in [0.2, 0.25) is 5.76 Å². The van der Waals surface area contributed by atoms with Crippen LogP contribution in [0.3, 0.4) is 0 Å². The maximum absolute atomic E-state index is 11.5. The third kappa shape index (κ3) is 1.90. The number of hydrogen-bond acceptors (Lipinski definition) is 6. The molecule has 96 valence electrons. The van der Waals surface area contributed by atoms with Crippen LogP contribution >= 0.6 is 0 Å². The van der Waals surface area contributed by atoms with E-state index in [2.05, 4.69) is 25.0 Å². The number of nitrogens with zero attached hydrogens (tertiary/aromatic N) is 2. The zero-order valence-corrected chi connectivity index (χ0v) is 10.0. The van der Waals surface area contributed by atoms with Gasteiger partial charge < -0.3 is 19.5 Å². The van der Waals surface area contributed by atoms with Gasteiger partial charge in [-0.05, 0) is 6.07 Å². The fraction of sp³-hybridized carbons (Fsp3) is 0.0833. The molecule has 0 bridgehead atoms. The van der Waals surface area contributed by atoms with Crippen LogP contribution in [-0.2, 0) is 4.74 Å². The van der Waals surface area contributed by atoms with Gasteiger partial charge in [0.15, 0.2) is 0 Å². The number of methoxy groups -OCH3 is 1. The maximum atomic E-state index is 11.5. The van der Waals surface area contributed by atoms with E-state index in [1.54, 1.807) is 12.3 Å². The number of ether oxygens (including phenoxy) is 1. The van der Waals surface area contributed by atoms with E-state index in [0.717, 1.165) is 5.39 Å². The van der Waals surface area contributed by atoms with Crippen LogP contribution in [0.5, 0.6) is 0 Å². The molecule has 7 heteroatoms. The van der Waals surface area contributed by atoms with Crippen LogP contribution in [0.25, 0.3) is 11.0 Å². The molecule has 3 rings (SSSR count). The molecule has 3 aromatic rings. The first-order chi connectivity index (χ1) is 9.29. The molecule has 0 amide bonds. The molecule has 0 unspecified atom stereocenters. The molecular weight excluding hydrogens is 248 g/mol. The van der Waals surface area contributed by atoms with E-state index in [-0.39, 0.29) is 5.76 Å². The van der Waals surface area contributed by atoms with Gasteiger partial charge >= 0.3 is 5.97 Å². The fourth-order valence-corrected chi connectivity index (χ4v) is 1.76. The zero-order chi connectivity index (χ0) is 13.2. The van der Waals surface area contributed by atoms with Crippen LogP contribution in [0, 0.1) is 0 Å². The number of aromatic amines is 1. The molecule has 0 saturated carbocycles. The summed E-state index contributed by atoms with van der Waals surface area (Å²) in [5, 5.41) is 3.85. The average molecular weight is 258 g/mol. The van der Waals surface area contributed by atoms with Gasteiger partial charge in [0.1, 0.15) is 17.8 Å². The Labute approximate surface area is 107 Å². The number of aromatic nitrogens is 3. The van der Waals surface area contributed by atoms with Crippen molar-refractivity contribution in [3.8, 4) is 0 Å². The summed E-state index contributed by atoms with van der Waals surface area (Å²) in [6.07, 6.45) is 4.60. The van der Waals surface area contributed by atoms with Gasteiger partial charge in [-0.15, -0.1) is 0 Å². The minimum atomic E-state index is -0.549. The van der Waals surface area contributed by atoms with Crippen LogP contribution in [0.4, 0.5) is 11.5 Å². The quantitative estimate of drug-likeness (QED) is 0.698. The molecule has 0 aliphatic rings. The van der Waals surface area contributed by atoms with Gasteiger partial charge in [0, 0.05) is 12.3 Å². The minimum Gasteiger partial charge on any atom is -0.463 e. The highest BCUT2D eigenvalue weighted by molar-refractivity contribution is 5.95. The molecule has 0 atom stereocenters. The molecule has 3 aromatic heterocycles. The smallest absolute Gasteiger partial charge is 0.376 e. The molecule has 3 heterocycles. The Balaban J connectivity index is 2.00. The van der Waals surface area contributed by atoms with E-state index in [4.69, 9.17) is 4.42 Å². The van der Waals surface area contributed by atoms with Crippen LogP contribution in [0.2, 0.25) is 0 Å². The lowest BCUT2D eigenvalue weighted by Crippen LogP contribution is -2.04. The number of H-pyrrole nitrogens is 1. The number of furan rings is 1. The second-order valence-corrected chi connectivity index (χ2v) is 3.74. The number of hydrogen-bond donors (Lipinski definition) is 2. The monoisotopic (exact) mass is 258 g/mol. The second-order valence-electron chi connectivity index (χ2n) is 3.74. The molecule has 0 aliphatic heterocycles. The van der Waals surface area contributed by atoms with Crippen molar-refractivity contribution in [1.82, 2.24) is 15.0 Å². The van der Waals surface area contributed by atoms with Gasteiger partial charge in [-0.3, -0.25) is 0 Å². The molecule has 0 radical (unpaired) electrons. The maximum Gasteiger partial charge on any atom is 0.376 e. The van der Waals surface area contributed by atoms with Gasteiger partial charge in [-0.2, -0.15) is 0 Å². The SMILES string of the molecule is COC(=O)c1occc1Nc1ncnc2[nH]ccc12. The van der Waals surface area contributed by atoms with Gasteiger partial charge in [0.05, 0.1) is 24.4 Å². The summed E-state index contributed by atoms with van der Waals surface area (Å²) < 4.78 is 9.73. The molecule has 2 N–H and O–H groups in total. The molecule has 7 nitrogen and oxygen atoms in total. The first-order valence-corrected chi connectivity index (χ1v) is 5.50. The van der Waals surface area contributed by atoms with Crippen LogP contribution in [-0.4, -0.2) is 28.0 Å². The Kier molecular flexibility index (Phi) is 2.64. The Hall–Kier alpha value is -2.83. The Morgan fingerprint density at radius 2 is 2.32 bits per heavy atom. The fourth-order valence-electron chi connectivity index (χ4n) is 1.76. The van der Waals surface area contributed by atoms with E-state index in [9.17, 15) is 4.79 Å². The number of rotatable bonds is 3. The van der Waals surface area contributed by atoms with Gasteiger partial charge in [-0.1, -0.05) is 0 Å². The van der Waals surface area contributed by atoms with E-state index >= 15 is 0 Å². The number of anilines is 2. The van der Waals surface area contributed by atoms with E-state index < -0.39 is 5.97 Å². The van der Waals surface area contributed by atoms with E-state index in [1.165, 1.54) is 19.7 Å². The summed E-state index contributed by atoms with van der Waals surface area (Å²) in [4.78, 5) is 22.7. The molecule has 0 spiro atoms. The number of carbonyl (C=O) groups excluding carboxylic acids is 1. The average Bonchev–Trinajstić information content (AvgIpc) is 3.06. The van der Waals surface area contributed by atoms with E-state index in [0.29, 0.717) is 17.2 Å². The summed E-state index contributed by atoms with van der Waals surface area (Å²) in [6.45, 7) is 0. The topological polar surface area (TPSA) is 93.0 Å². The number of nitrogens with one attached hydrogen (secondary N) is 2. The molecular formula is C12H10N4O3. The largest absolute Gasteiger partial charge is 0.463 e. The summed E-state index contributed by atoms with van der Waals surface area (Å²) in [6, 6.07) is 3.47. The Bertz CT molecular complexity index is 731. The molecule has 0 aromatic carbocycles. The summed E-state index contributed by atoms with van der Waals surface area (Å²) >= 11 is 0. The van der Waals surface area contributed by atoms with Crippen molar-refractivity contribution in [2.45, 2.75) is 0 Å². The van der Waals surface area contributed by atoms with Crippen LogP contribution in [0.15, 0.2) is 35.3 Å². The van der Waals surface area contributed by atoms with Crippen molar-refractivity contribution < 1.29 is 13.9 Å². The Morgan fingerprint density at radius 1 is 1.42 bits per heavy atom. The summed E-state index contributed by atoms with van der Waals surface area (Å²) in [5.74, 6) is 0.134. The lowest BCUT2D eigenvalue weighted by atomic mass is 10.3. The van der Waals surface area contributed by atoms with Crippen LogP contribution < -0.4 is 5.32 Å². The van der Waals surface area contributed by atoms with Crippen LogP contribution in [0.1, 0.15) is 10.6 Å². The normalized spacial score (nSPS) is 10.6. The number of esters is 1. The lowest BCUT2D eigenvalue weighted by molar-refractivity contribution is 0.0566. The first kappa shape index (κ1) is 11.3. The number of carbonyl (C=O) groups is 1. The lowest BCUT2D eigenvalue weighted by Gasteiger charge is -2.05. The standard InChI is InChI=1S/C12H10N4O3/c1-18-12(17)9-8(3-5-19-9)16-11-7-2-4-13-10(7)14-6-15-11/h2-6H,1H3,(H2,13,14,15,16). The van der Waals surface area contributed by atoms with Crippen molar-refractivity contribution >= 4 is 28.5 Å². The molecule has 19 heavy (non-hydrogen) atoms. The molecule has 0 aliphatic carbocycles. The minimum absolute atomic E-state index is 0.102. The third-order valence-electron chi connectivity index (χ3n) is 2.64. The number of fused-ring (bicyclic) bond motifs is 1. The highest BCUT2D eigenvalue weighted by Crippen LogP contribution is 2.25. The zero-order valence-electron chi connectivity index (χ0n) is 10.0. The van der Waals surface area contributed by atoms with Crippen molar-refractivity contribution in [3.63, 3.8) is 0 Å². The van der Waals surface area contributed by atoms with E-state index in [1.807, 2.05) is 6.07 Å². The van der Waals surface area contributed by atoms with Crippen molar-refractivity contribution in [3.05, 3.63) is 36.7 Å². The highest BCUT2D eigenvalue weighted by Gasteiger charge is 2.17. The second kappa shape index (κ2) is 4.45. The molecule has 0 saturated heterocycles.